The number of nitrogens with one attached hydrogen (secondary N) is 1. The van der Waals surface area contributed by atoms with Crippen molar-refractivity contribution in [2.45, 2.75) is 18.9 Å². The number of carboxylic acid groups (broad SMARTS) is 1. The average Bonchev–Trinajstić information content (AvgIpc) is 2.99. The maximum atomic E-state index is 11.6. The van der Waals surface area contributed by atoms with E-state index in [1.54, 1.807) is 5.51 Å². The first kappa shape index (κ1) is 12.5. The molecule has 2 rings (SSSR count). The van der Waals surface area contributed by atoms with Crippen LogP contribution in [0.2, 0.25) is 0 Å². The number of carbonyl (C=O) groups is 2. The first-order valence-electron chi connectivity index (χ1n) is 5.27. The summed E-state index contributed by atoms with van der Waals surface area (Å²) in [6, 6.07) is 0. The molecule has 1 unspecified atom stereocenters. The van der Waals surface area contributed by atoms with Gasteiger partial charge in [0.25, 0.3) is 5.91 Å². The highest BCUT2D eigenvalue weighted by Gasteiger charge is 2.31. The maximum absolute atomic E-state index is 11.6. The summed E-state index contributed by atoms with van der Waals surface area (Å²) in [4.78, 5) is 31.1. The predicted molar refractivity (Wildman–Crippen MR) is 63.4 cm³/mol. The lowest BCUT2D eigenvalue weighted by Gasteiger charge is -2.08. The Morgan fingerprint density at radius 3 is 3.06 bits per heavy atom. The number of hydrogen-bond acceptors (Lipinski definition) is 6. The van der Waals surface area contributed by atoms with Gasteiger partial charge in [0, 0.05) is 24.8 Å². The topological polar surface area (TPSA) is 101 Å². The Hall–Kier alpha value is -1.96. The molecule has 1 aliphatic rings. The summed E-state index contributed by atoms with van der Waals surface area (Å²) in [5.41, 5.74) is 2.51. The predicted octanol–water partition coefficient (Wildman–Crippen LogP) is 0.0313. The van der Waals surface area contributed by atoms with E-state index in [0.717, 1.165) is 5.69 Å². The van der Waals surface area contributed by atoms with Crippen LogP contribution in [0.5, 0.6) is 0 Å². The van der Waals surface area contributed by atoms with Gasteiger partial charge in [0.15, 0.2) is 5.71 Å². The number of aliphatic carboxylic acids is 1. The Labute approximate surface area is 106 Å². The van der Waals surface area contributed by atoms with Gasteiger partial charge in [-0.1, -0.05) is 5.16 Å². The maximum Gasteiger partial charge on any atom is 0.353 e. The summed E-state index contributed by atoms with van der Waals surface area (Å²) >= 11 is 1.50. The highest BCUT2D eigenvalue weighted by molar-refractivity contribution is 7.07. The summed E-state index contributed by atoms with van der Waals surface area (Å²) in [7, 11) is 0. The number of oxime groups is 1. The van der Waals surface area contributed by atoms with Crippen LogP contribution in [0.3, 0.4) is 0 Å². The van der Waals surface area contributed by atoms with Crippen LogP contribution < -0.4 is 5.32 Å². The highest BCUT2D eigenvalue weighted by atomic mass is 32.1. The number of amides is 1. The van der Waals surface area contributed by atoms with Crippen LogP contribution in [0.15, 0.2) is 16.0 Å². The number of thiazole rings is 1. The lowest BCUT2D eigenvalue weighted by molar-refractivity contribution is -0.131. The van der Waals surface area contributed by atoms with Crippen molar-refractivity contribution in [3.63, 3.8) is 0 Å². The fraction of sp³-hybridized carbons (Fsp3) is 0.400. The molecule has 7 nitrogen and oxygen atoms in total. The van der Waals surface area contributed by atoms with Crippen LogP contribution in [-0.2, 0) is 20.8 Å². The fourth-order valence-electron chi connectivity index (χ4n) is 1.43. The van der Waals surface area contributed by atoms with Gasteiger partial charge in [-0.2, -0.15) is 0 Å². The number of hydrogen-bond donors (Lipinski definition) is 2. The van der Waals surface area contributed by atoms with Crippen LogP contribution >= 0.6 is 11.3 Å². The Bertz CT molecular complexity index is 471. The van der Waals surface area contributed by atoms with Crippen LogP contribution in [0.4, 0.5) is 0 Å². The van der Waals surface area contributed by atoms with E-state index in [2.05, 4.69) is 15.5 Å². The fourth-order valence-corrected chi connectivity index (χ4v) is 2.03. The van der Waals surface area contributed by atoms with Crippen LogP contribution in [0, 0.1) is 0 Å². The molecule has 1 aromatic rings. The molecule has 0 aliphatic carbocycles. The third-order valence-corrected chi connectivity index (χ3v) is 3.01. The minimum atomic E-state index is -1.16. The van der Waals surface area contributed by atoms with Gasteiger partial charge in [-0.25, -0.2) is 9.78 Å². The highest BCUT2D eigenvalue weighted by Crippen LogP contribution is 2.10. The van der Waals surface area contributed by atoms with Crippen molar-refractivity contribution in [2.24, 2.45) is 5.16 Å². The van der Waals surface area contributed by atoms with Crippen molar-refractivity contribution in [3.8, 4) is 0 Å². The molecular weight excluding hydrogens is 258 g/mol. The van der Waals surface area contributed by atoms with Crippen molar-refractivity contribution in [1.29, 1.82) is 0 Å². The van der Waals surface area contributed by atoms with Crippen molar-refractivity contribution in [2.75, 3.05) is 6.54 Å². The van der Waals surface area contributed by atoms with Gasteiger partial charge in [-0.15, -0.1) is 11.3 Å². The third-order valence-electron chi connectivity index (χ3n) is 2.37. The smallest absolute Gasteiger partial charge is 0.353 e. The molecule has 2 N–H and O–H groups in total. The molecule has 18 heavy (non-hydrogen) atoms. The minimum absolute atomic E-state index is 0.00212. The summed E-state index contributed by atoms with van der Waals surface area (Å²) in [5.74, 6) is -1.52. The Morgan fingerprint density at radius 2 is 2.44 bits per heavy atom. The van der Waals surface area contributed by atoms with Gasteiger partial charge in [-0.05, 0) is 0 Å². The van der Waals surface area contributed by atoms with E-state index in [1.165, 1.54) is 11.3 Å². The van der Waals surface area contributed by atoms with Crippen molar-refractivity contribution < 1.29 is 19.5 Å². The second-order valence-electron chi connectivity index (χ2n) is 3.66. The molecular formula is C10H11N3O4S. The second-order valence-corrected chi connectivity index (χ2v) is 4.38. The number of rotatable bonds is 5. The lowest BCUT2D eigenvalue weighted by atomic mass is 10.1. The molecule has 0 bridgehead atoms. The zero-order valence-electron chi connectivity index (χ0n) is 9.33. The van der Waals surface area contributed by atoms with E-state index < -0.39 is 12.1 Å². The van der Waals surface area contributed by atoms with Crippen molar-refractivity contribution in [1.82, 2.24) is 10.3 Å². The van der Waals surface area contributed by atoms with Gasteiger partial charge >= 0.3 is 5.97 Å². The van der Waals surface area contributed by atoms with E-state index in [-0.39, 0.29) is 18.0 Å². The van der Waals surface area contributed by atoms with Crippen LogP contribution in [0.25, 0.3) is 0 Å². The second kappa shape index (κ2) is 5.58. The Morgan fingerprint density at radius 1 is 1.61 bits per heavy atom. The van der Waals surface area contributed by atoms with E-state index in [4.69, 9.17) is 9.94 Å². The van der Waals surface area contributed by atoms with Crippen LogP contribution in [0.1, 0.15) is 12.1 Å². The van der Waals surface area contributed by atoms with Crippen molar-refractivity contribution in [3.05, 3.63) is 16.6 Å². The Balaban J connectivity index is 1.72. The molecule has 0 saturated heterocycles. The van der Waals surface area contributed by atoms with E-state index in [0.29, 0.717) is 13.0 Å². The molecule has 96 valence electrons. The number of aromatic nitrogens is 1. The largest absolute Gasteiger partial charge is 0.477 e. The molecule has 1 aliphatic heterocycles. The van der Waals surface area contributed by atoms with Gasteiger partial charge in [-0.3, -0.25) is 4.79 Å². The molecule has 0 spiro atoms. The number of carboxylic acids is 1. The van der Waals surface area contributed by atoms with Gasteiger partial charge in [0.2, 0.25) is 6.10 Å². The SMILES string of the molecule is O=C(O)C1=NOC(C(=O)NCCc2cscn2)C1. The molecule has 2 heterocycles. The molecule has 0 fully saturated rings. The minimum Gasteiger partial charge on any atom is -0.477 e. The monoisotopic (exact) mass is 269 g/mol. The molecule has 1 aromatic heterocycles. The van der Waals surface area contributed by atoms with Crippen molar-refractivity contribution >= 4 is 28.9 Å². The number of carbonyl (C=O) groups excluding carboxylic acids is 1. The lowest BCUT2D eigenvalue weighted by Crippen LogP contribution is -2.36. The van der Waals surface area contributed by atoms with Gasteiger partial charge in [0.1, 0.15) is 0 Å². The molecule has 8 heteroatoms. The Kier molecular flexibility index (Phi) is 3.88. The zero-order valence-corrected chi connectivity index (χ0v) is 10.1. The number of nitrogens with zero attached hydrogens (tertiary/aromatic N) is 2. The molecule has 1 amide bonds. The van der Waals surface area contributed by atoms with Gasteiger partial charge < -0.3 is 15.3 Å². The normalized spacial score (nSPS) is 18.0. The standard InChI is InChI=1S/C10H11N3O4S/c14-9(8-3-7(10(15)16)13-17-8)11-2-1-6-4-18-5-12-6/h4-5,8H,1-3H2,(H,11,14)(H,15,16). The van der Waals surface area contributed by atoms with E-state index in [9.17, 15) is 9.59 Å². The first-order chi connectivity index (χ1) is 8.66. The molecule has 0 saturated carbocycles. The summed E-state index contributed by atoms with van der Waals surface area (Å²) in [6.45, 7) is 0.435. The van der Waals surface area contributed by atoms with E-state index in [1.807, 2.05) is 5.38 Å². The molecule has 0 radical (unpaired) electrons. The summed E-state index contributed by atoms with van der Waals surface area (Å²) < 4.78 is 0. The quantitative estimate of drug-likeness (QED) is 0.785. The third kappa shape index (κ3) is 3.04. The molecule has 0 aromatic carbocycles. The summed E-state index contributed by atoms with van der Waals surface area (Å²) in [5, 5.41) is 16.6. The first-order valence-corrected chi connectivity index (χ1v) is 6.22. The molecule has 1 atom stereocenters. The average molecular weight is 269 g/mol. The van der Waals surface area contributed by atoms with Crippen LogP contribution in [-0.4, -0.2) is 40.3 Å². The van der Waals surface area contributed by atoms with Gasteiger partial charge in [0.05, 0.1) is 11.2 Å². The summed E-state index contributed by atoms with van der Waals surface area (Å²) in [6.07, 6.45) is -0.210. The zero-order chi connectivity index (χ0) is 13.0. The van der Waals surface area contributed by atoms with E-state index >= 15 is 0 Å².